The third-order valence-corrected chi connectivity index (χ3v) is 8.29. The molecule has 1 saturated heterocycles. The largest absolute Gasteiger partial charge is 0.359 e. The molecule has 2 aliphatic heterocycles. The van der Waals surface area contributed by atoms with Crippen molar-refractivity contribution in [1.29, 1.82) is 0 Å². The minimum absolute atomic E-state index is 0.0672. The van der Waals surface area contributed by atoms with E-state index in [4.69, 9.17) is 0 Å². The van der Waals surface area contributed by atoms with Crippen LogP contribution in [0.4, 0.5) is 16.5 Å². The topological polar surface area (TPSA) is 82.6 Å². The van der Waals surface area contributed by atoms with Gasteiger partial charge in [0.1, 0.15) is 6.04 Å². The number of hydrogen-bond acceptors (Lipinski definition) is 6. The molecule has 5 rings (SSSR count). The Morgan fingerprint density at radius 3 is 2.69 bits per heavy atom. The SMILES string of the molecule is Cc1cccc2c1N([C@H]1CCN(c3ccc(S(=O)(=O)Nc4nccs4)cc3)C1=O)CCC2. The van der Waals surface area contributed by atoms with E-state index in [0.29, 0.717) is 17.4 Å². The van der Waals surface area contributed by atoms with E-state index in [1.165, 1.54) is 40.3 Å². The first-order chi connectivity index (χ1) is 15.4. The molecular weight excluding hydrogens is 444 g/mol. The van der Waals surface area contributed by atoms with E-state index in [2.05, 4.69) is 39.7 Å². The lowest BCUT2D eigenvalue weighted by atomic mass is 9.96. The predicted molar refractivity (Wildman–Crippen MR) is 127 cm³/mol. The van der Waals surface area contributed by atoms with Crippen molar-refractivity contribution < 1.29 is 13.2 Å². The van der Waals surface area contributed by atoms with Crippen molar-refractivity contribution in [1.82, 2.24) is 4.98 Å². The summed E-state index contributed by atoms with van der Waals surface area (Å²) in [5, 5.41) is 2.03. The smallest absolute Gasteiger partial charge is 0.263 e. The third kappa shape index (κ3) is 3.75. The van der Waals surface area contributed by atoms with Crippen molar-refractivity contribution in [2.24, 2.45) is 0 Å². The van der Waals surface area contributed by atoms with Crippen molar-refractivity contribution in [2.45, 2.75) is 37.1 Å². The fourth-order valence-electron chi connectivity index (χ4n) is 4.66. The summed E-state index contributed by atoms with van der Waals surface area (Å²) in [7, 11) is -3.72. The van der Waals surface area contributed by atoms with Gasteiger partial charge in [-0.3, -0.25) is 9.52 Å². The van der Waals surface area contributed by atoms with E-state index in [-0.39, 0.29) is 16.8 Å². The molecule has 0 unspecified atom stereocenters. The van der Waals surface area contributed by atoms with Gasteiger partial charge in [0.2, 0.25) is 5.91 Å². The molecule has 1 fully saturated rings. The van der Waals surface area contributed by atoms with E-state index in [9.17, 15) is 13.2 Å². The number of fused-ring (bicyclic) bond motifs is 1. The zero-order valence-electron chi connectivity index (χ0n) is 17.7. The Bertz CT molecular complexity index is 1240. The van der Waals surface area contributed by atoms with Gasteiger partial charge in [-0.15, -0.1) is 11.3 Å². The molecule has 7 nitrogen and oxygen atoms in total. The van der Waals surface area contributed by atoms with Crippen LogP contribution in [-0.4, -0.2) is 38.4 Å². The number of sulfonamides is 1. The Balaban J connectivity index is 1.35. The molecule has 2 aromatic carbocycles. The van der Waals surface area contributed by atoms with Gasteiger partial charge in [0.05, 0.1) is 4.90 Å². The molecule has 0 bridgehead atoms. The summed E-state index contributed by atoms with van der Waals surface area (Å²) in [6, 6.07) is 12.6. The van der Waals surface area contributed by atoms with Crippen LogP contribution in [0.5, 0.6) is 0 Å². The summed E-state index contributed by atoms with van der Waals surface area (Å²) in [4.78, 5) is 21.5. The highest BCUT2D eigenvalue weighted by Crippen LogP contribution is 2.35. The Morgan fingerprint density at radius 1 is 1.12 bits per heavy atom. The van der Waals surface area contributed by atoms with Crippen LogP contribution in [0.1, 0.15) is 24.0 Å². The quantitative estimate of drug-likeness (QED) is 0.616. The molecule has 166 valence electrons. The van der Waals surface area contributed by atoms with E-state index in [0.717, 1.165) is 25.8 Å². The zero-order chi connectivity index (χ0) is 22.3. The van der Waals surface area contributed by atoms with Crippen LogP contribution >= 0.6 is 11.3 Å². The molecule has 1 amide bonds. The molecule has 32 heavy (non-hydrogen) atoms. The van der Waals surface area contributed by atoms with Crippen LogP contribution in [0.3, 0.4) is 0 Å². The van der Waals surface area contributed by atoms with Crippen molar-refractivity contribution in [3.8, 4) is 0 Å². The fraction of sp³-hybridized carbons (Fsp3) is 0.304. The number of aromatic nitrogens is 1. The highest BCUT2D eigenvalue weighted by Gasteiger charge is 2.38. The van der Waals surface area contributed by atoms with Gasteiger partial charge < -0.3 is 9.80 Å². The first kappa shape index (κ1) is 21.0. The van der Waals surface area contributed by atoms with Gasteiger partial charge in [0, 0.05) is 36.0 Å². The molecule has 3 heterocycles. The highest BCUT2D eigenvalue weighted by molar-refractivity contribution is 7.93. The Morgan fingerprint density at radius 2 is 1.94 bits per heavy atom. The van der Waals surface area contributed by atoms with Gasteiger partial charge in [-0.05, 0) is 61.6 Å². The Kier molecular flexibility index (Phi) is 5.38. The number of para-hydroxylation sites is 1. The minimum Gasteiger partial charge on any atom is -0.359 e. The molecule has 2 aliphatic rings. The van der Waals surface area contributed by atoms with Gasteiger partial charge >= 0.3 is 0 Å². The van der Waals surface area contributed by atoms with Crippen LogP contribution < -0.4 is 14.5 Å². The predicted octanol–water partition coefficient (Wildman–Crippen LogP) is 3.81. The number of carbonyl (C=O) groups excluding carboxylic acids is 1. The maximum absolute atomic E-state index is 13.4. The lowest BCUT2D eigenvalue weighted by Crippen LogP contribution is -2.44. The number of amides is 1. The summed E-state index contributed by atoms with van der Waals surface area (Å²) in [6.45, 7) is 3.60. The van der Waals surface area contributed by atoms with Crippen LogP contribution in [0.2, 0.25) is 0 Å². The second-order valence-corrected chi connectivity index (χ2v) is 10.7. The standard InChI is InChI=1S/C23H24N4O3S2/c1-16-4-2-5-17-6-3-13-27(21(16)17)20-11-14-26(22(20)28)18-7-9-19(10-8-18)32(29,30)25-23-24-12-15-31-23/h2,4-5,7-10,12,15,20H,3,6,11,13-14H2,1H3,(H,24,25)/t20-/m0/s1. The number of aryl methyl sites for hydroxylation is 2. The number of thiazole rings is 1. The molecule has 1 atom stereocenters. The Hall–Kier alpha value is -2.91. The average Bonchev–Trinajstić information content (AvgIpc) is 3.43. The average molecular weight is 469 g/mol. The lowest BCUT2D eigenvalue weighted by Gasteiger charge is -2.36. The summed E-state index contributed by atoms with van der Waals surface area (Å²) in [6.07, 6.45) is 4.38. The van der Waals surface area contributed by atoms with Crippen molar-refractivity contribution in [3.05, 3.63) is 65.2 Å². The molecular formula is C23H24N4O3S2. The van der Waals surface area contributed by atoms with Crippen LogP contribution in [0.15, 0.2) is 58.9 Å². The van der Waals surface area contributed by atoms with Crippen molar-refractivity contribution in [3.63, 3.8) is 0 Å². The maximum atomic E-state index is 13.4. The molecule has 0 spiro atoms. The summed E-state index contributed by atoms with van der Waals surface area (Å²) < 4.78 is 27.6. The van der Waals surface area contributed by atoms with Gasteiger partial charge in [-0.1, -0.05) is 18.2 Å². The van der Waals surface area contributed by atoms with Gasteiger partial charge in [0.15, 0.2) is 5.13 Å². The number of nitrogens with zero attached hydrogens (tertiary/aromatic N) is 3. The molecule has 0 saturated carbocycles. The van der Waals surface area contributed by atoms with E-state index in [1.54, 1.807) is 28.6 Å². The molecule has 0 aliphatic carbocycles. The van der Waals surface area contributed by atoms with Gasteiger partial charge in [0.25, 0.3) is 10.0 Å². The third-order valence-electron chi connectivity index (χ3n) is 6.12. The fourth-order valence-corrected chi connectivity index (χ4v) is 6.45. The van der Waals surface area contributed by atoms with Crippen molar-refractivity contribution >= 4 is 43.8 Å². The minimum atomic E-state index is -3.72. The van der Waals surface area contributed by atoms with Crippen LogP contribution in [0.25, 0.3) is 0 Å². The highest BCUT2D eigenvalue weighted by atomic mass is 32.2. The number of nitrogens with one attached hydrogen (secondary N) is 1. The van der Waals surface area contributed by atoms with Crippen LogP contribution in [-0.2, 0) is 21.2 Å². The summed E-state index contributed by atoms with van der Waals surface area (Å²) in [5.74, 6) is 0.0672. The lowest BCUT2D eigenvalue weighted by molar-refractivity contribution is -0.118. The van der Waals surface area contributed by atoms with Gasteiger partial charge in [-0.25, -0.2) is 13.4 Å². The molecule has 1 N–H and O–H groups in total. The molecule has 3 aromatic rings. The second kappa shape index (κ2) is 8.22. The van der Waals surface area contributed by atoms with E-state index < -0.39 is 10.0 Å². The number of anilines is 3. The summed E-state index contributed by atoms with van der Waals surface area (Å²) >= 11 is 1.22. The van der Waals surface area contributed by atoms with E-state index >= 15 is 0 Å². The first-order valence-electron chi connectivity index (χ1n) is 10.6. The number of rotatable bonds is 5. The number of hydrogen-bond donors (Lipinski definition) is 1. The Labute approximate surface area is 191 Å². The maximum Gasteiger partial charge on any atom is 0.263 e. The molecule has 1 aromatic heterocycles. The van der Waals surface area contributed by atoms with Crippen molar-refractivity contribution in [2.75, 3.05) is 27.6 Å². The summed E-state index contributed by atoms with van der Waals surface area (Å²) in [5.41, 5.74) is 4.43. The van der Waals surface area contributed by atoms with E-state index in [1.807, 2.05) is 0 Å². The monoisotopic (exact) mass is 468 g/mol. The zero-order valence-corrected chi connectivity index (χ0v) is 19.3. The molecule has 9 heteroatoms. The second-order valence-electron chi connectivity index (χ2n) is 8.11. The number of carbonyl (C=O) groups is 1. The normalized spacial score (nSPS) is 18.7. The van der Waals surface area contributed by atoms with Gasteiger partial charge in [-0.2, -0.15) is 0 Å². The first-order valence-corrected chi connectivity index (χ1v) is 13.0. The van der Waals surface area contributed by atoms with Crippen LogP contribution in [0, 0.1) is 6.92 Å². The number of benzene rings is 2. The molecule has 0 radical (unpaired) electrons.